The van der Waals surface area contributed by atoms with Gasteiger partial charge in [-0.2, -0.15) is 0 Å². The molecule has 7 heteroatoms. The van der Waals surface area contributed by atoms with E-state index in [9.17, 15) is 0 Å². The molecule has 5 rings (SSSR count). The lowest BCUT2D eigenvalue weighted by Gasteiger charge is -2.59. The number of nitrogens with zero attached hydrogens (tertiary/aromatic N) is 1. The monoisotopic (exact) mass is 475 g/mol. The van der Waals surface area contributed by atoms with E-state index >= 15 is 4.39 Å². The molecule has 3 heterocycles. The first-order valence-corrected chi connectivity index (χ1v) is 12.1. The first-order valence-electron chi connectivity index (χ1n) is 11.7. The molecule has 1 aromatic carbocycles. The van der Waals surface area contributed by atoms with Crippen molar-refractivity contribution in [2.24, 2.45) is 5.41 Å². The first kappa shape index (κ1) is 25.4. The molecule has 33 heavy (non-hydrogen) atoms. The minimum atomic E-state index is -0.307. The van der Waals surface area contributed by atoms with Crippen LogP contribution in [-0.4, -0.2) is 28.6 Å². The molecule has 2 fully saturated rings. The summed E-state index contributed by atoms with van der Waals surface area (Å²) in [5.74, 6) is -0.157. The molecule has 1 aliphatic carbocycles. The van der Waals surface area contributed by atoms with Crippen LogP contribution in [0.15, 0.2) is 30.5 Å². The molecule has 2 unspecified atom stereocenters. The zero-order valence-corrected chi connectivity index (χ0v) is 20.9. The number of rotatable bonds is 1. The molecular formula is C26H35ClFN3O2. The van der Waals surface area contributed by atoms with Gasteiger partial charge in [0.25, 0.3) is 6.47 Å². The van der Waals surface area contributed by atoms with E-state index < -0.39 is 0 Å². The second kappa shape index (κ2) is 9.59. The maximum atomic E-state index is 15.1. The van der Waals surface area contributed by atoms with Crippen LogP contribution >= 0.6 is 11.6 Å². The van der Waals surface area contributed by atoms with Crippen molar-refractivity contribution in [2.45, 2.75) is 77.3 Å². The third-order valence-corrected chi connectivity index (χ3v) is 7.82. The number of hydrogen-bond donors (Lipinski definition) is 3. The van der Waals surface area contributed by atoms with Crippen LogP contribution in [0.1, 0.15) is 76.1 Å². The van der Waals surface area contributed by atoms with Gasteiger partial charge in [-0.05, 0) is 61.8 Å². The van der Waals surface area contributed by atoms with Gasteiger partial charge in [-0.25, -0.2) is 4.39 Å². The van der Waals surface area contributed by atoms with Crippen molar-refractivity contribution in [3.63, 3.8) is 0 Å². The van der Waals surface area contributed by atoms with E-state index in [-0.39, 0.29) is 29.3 Å². The Bertz CT molecular complexity index is 1000. The summed E-state index contributed by atoms with van der Waals surface area (Å²) in [4.78, 5) is 12.5. The minimum absolute atomic E-state index is 0.0177. The van der Waals surface area contributed by atoms with Gasteiger partial charge in [-0.15, -0.1) is 0 Å². The van der Waals surface area contributed by atoms with Gasteiger partial charge in [-0.1, -0.05) is 45.4 Å². The second-order valence-corrected chi connectivity index (χ2v) is 10.1. The van der Waals surface area contributed by atoms with Crippen LogP contribution in [0.3, 0.4) is 0 Å². The molecular weight excluding hydrogens is 441 g/mol. The molecule has 3 N–H and O–H groups in total. The van der Waals surface area contributed by atoms with Crippen LogP contribution in [0.5, 0.6) is 0 Å². The summed E-state index contributed by atoms with van der Waals surface area (Å²) in [6.07, 6.45) is 6.22. The maximum absolute atomic E-state index is 15.1. The normalized spacial score (nSPS) is 25.5. The maximum Gasteiger partial charge on any atom is 0.290 e. The van der Waals surface area contributed by atoms with Crippen LogP contribution in [-0.2, 0) is 10.3 Å². The van der Waals surface area contributed by atoms with Gasteiger partial charge in [0.15, 0.2) is 0 Å². The van der Waals surface area contributed by atoms with Gasteiger partial charge in [0.05, 0.1) is 11.2 Å². The number of benzene rings is 1. The van der Waals surface area contributed by atoms with E-state index in [4.69, 9.17) is 21.5 Å². The predicted octanol–water partition coefficient (Wildman–Crippen LogP) is 6.26. The molecule has 2 spiro atoms. The van der Waals surface area contributed by atoms with Crippen molar-refractivity contribution in [2.75, 3.05) is 11.9 Å². The van der Waals surface area contributed by atoms with E-state index in [0.29, 0.717) is 11.1 Å². The van der Waals surface area contributed by atoms with Crippen LogP contribution < -0.4 is 10.6 Å². The number of fused-ring (bicyclic) bond motifs is 3. The lowest BCUT2D eigenvalue weighted by atomic mass is 9.55. The Kier molecular flexibility index (Phi) is 7.39. The molecule has 1 aromatic heterocycles. The summed E-state index contributed by atoms with van der Waals surface area (Å²) in [5.41, 5.74) is 3.55. The molecule has 5 nitrogen and oxygen atoms in total. The highest BCUT2D eigenvalue weighted by Crippen LogP contribution is 2.63. The van der Waals surface area contributed by atoms with Crippen LogP contribution in [0.4, 0.5) is 10.1 Å². The number of pyridine rings is 1. The first-order chi connectivity index (χ1) is 15.7. The summed E-state index contributed by atoms with van der Waals surface area (Å²) in [7, 11) is 0. The van der Waals surface area contributed by atoms with Crippen molar-refractivity contribution in [3.05, 3.63) is 58.1 Å². The largest absolute Gasteiger partial charge is 0.483 e. The Labute approximate surface area is 201 Å². The molecule has 1 saturated heterocycles. The number of carbonyl (C=O) groups is 1. The average Bonchev–Trinajstić information content (AvgIpc) is 3.10. The Hall–Kier alpha value is -2.18. The third kappa shape index (κ3) is 4.12. The molecule has 3 aliphatic rings. The molecule has 180 valence electrons. The average molecular weight is 476 g/mol. The van der Waals surface area contributed by atoms with E-state index in [1.54, 1.807) is 13.1 Å². The molecule has 2 aromatic rings. The van der Waals surface area contributed by atoms with Gasteiger partial charge in [-0.3, -0.25) is 9.78 Å². The summed E-state index contributed by atoms with van der Waals surface area (Å²) in [6, 6.07) is 7.96. The number of halogens is 2. The molecule has 0 amide bonds. The fraction of sp³-hybridized carbons (Fsp3) is 0.538. The number of anilines is 1. The zero-order valence-electron chi connectivity index (χ0n) is 20.1. The van der Waals surface area contributed by atoms with Crippen molar-refractivity contribution in [3.8, 4) is 0 Å². The van der Waals surface area contributed by atoms with Gasteiger partial charge in [0.2, 0.25) is 0 Å². The minimum Gasteiger partial charge on any atom is -0.483 e. The lowest BCUT2D eigenvalue weighted by molar-refractivity contribution is -0.122. The standard InChI is InChI=1S/C23H27ClFN3.C2H6.CH2O2/c1-14-20(25)16(6-11-26-14)18-13-27-22(9-7-21(2,3)8-10-22)23(18)17-5-4-15(24)12-19(17)28-23;1-2;2-1-3/h4-6,11-12,18,27-28H,7-10,13H2,1-3H3;1-2H3;1H,(H,2,3). The smallest absolute Gasteiger partial charge is 0.290 e. The van der Waals surface area contributed by atoms with Gasteiger partial charge < -0.3 is 15.7 Å². The number of hydrogen-bond acceptors (Lipinski definition) is 4. The topological polar surface area (TPSA) is 74.2 Å². The molecule has 0 radical (unpaired) electrons. The number of aryl methyl sites for hydroxylation is 1. The van der Waals surface area contributed by atoms with Gasteiger partial charge >= 0.3 is 0 Å². The Morgan fingerprint density at radius 1 is 1.18 bits per heavy atom. The zero-order chi connectivity index (χ0) is 24.4. The molecule has 2 aliphatic heterocycles. The van der Waals surface area contributed by atoms with Crippen molar-refractivity contribution < 1.29 is 14.3 Å². The lowest BCUT2D eigenvalue weighted by Crippen LogP contribution is -2.65. The van der Waals surface area contributed by atoms with Crippen molar-refractivity contribution >= 4 is 23.8 Å². The van der Waals surface area contributed by atoms with Crippen LogP contribution in [0, 0.1) is 18.2 Å². The van der Waals surface area contributed by atoms with Gasteiger partial charge in [0.1, 0.15) is 5.82 Å². The van der Waals surface area contributed by atoms with Crippen LogP contribution in [0.2, 0.25) is 5.02 Å². The second-order valence-electron chi connectivity index (χ2n) is 9.71. The number of nitrogens with one attached hydrogen (secondary N) is 2. The Morgan fingerprint density at radius 2 is 1.82 bits per heavy atom. The van der Waals surface area contributed by atoms with E-state index in [1.165, 1.54) is 5.56 Å². The van der Waals surface area contributed by atoms with E-state index in [2.05, 4.69) is 35.5 Å². The van der Waals surface area contributed by atoms with Crippen LogP contribution in [0.25, 0.3) is 0 Å². The third-order valence-electron chi connectivity index (χ3n) is 7.59. The fourth-order valence-corrected chi connectivity index (χ4v) is 6.03. The van der Waals surface area contributed by atoms with E-state index in [1.807, 2.05) is 32.0 Å². The number of aromatic nitrogens is 1. The highest BCUT2D eigenvalue weighted by molar-refractivity contribution is 6.31. The molecule has 0 bridgehead atoms. The summed E-state index contributed by atoms with van der Waals surface area (Å²) >= 11 is 6.24. The highest BCUT2D eigenvalue weighted by Gasteiger charge is 2.66. The van der Waals surface area contributed by atoms with Gasteiger partial charge in [0, 0.05) is 40.5 Å². The number of carboxylic acid groups (broad SMARTS) is 1. The van der Waals surface area contributed by atoms with E-state index in [0.717, 1.165) is 48.5 Å². The molecule has 2 atom stereocenters. The van der Waals surface area contributed by atoms with Crippen molar-refractivity contribution in [1.82, 2.24) is 10.3 Å². The Morgan fingerprint density at radius 3 is 2.42 bits per heavy atom. The summed E-state index contributed by atoms with van der Waals surface area (Å²) in [5, 5.41) is 15.3. The summed E-state index contributed by atoms with van der Waals surface area (Å²) in [6.45, 7) is 11.0. The Balaban J connectivity index is 0.000000569. The quantitative estimate of drug-likeness (QED) is 0.424. The predicted molar refractivity (Wildman–Crippen MR) is 131 cm³/mol. The fourth-order valence-electron chi connectivity index (χ4n) is 5.86. The summed E-state index contributed by atoms with van der Waals surface area (Å²) < 4.78 is 15.1. The SMILES string of the molecule is CC.Cc1nccc(C2CNC3(CCC(C)(C)CC3)C23Nc2cc(Cl)ccc23)c1F.O=CO. The highest BCUT2D eigenvalue weighted by atomic mass is 35.5. The molecule has 1 saturated carbocycles. The van der Waals surface area contributed by atoms with Crippen molar-refractivity contribution in [1.29, 1.82) is 0 Å².